The minimum atomic E-state index is -0.361. The molecule has 1 aliphatic rings. The molecule has 0 spiro atoms. The first-order chi connectivity index (χ1) is 12.7. The molecule has 1 unspecified atom stereocenters. The lowest BCUT2D eigenvalue weighted by Gasteiger charge is -2.26. The van der Waals surface area contributed by atoms with Crippen LogP contribution >= 0.6 is 11.3 Å². The number of carbonyl (C=O) groups excluding carboxylic acids is 1. The summed E-state index contributed by atoms with van der Waals surface area (Å²) >= 11 is 1.15. The number of fused-ring (bicyclic) bond motifs is 1. The first kappa shape index (κ1) is 16.5. The molecule has 2 heterocycles. The quantitative estimate of drug-likeness (QED) is 0.763. The molecule has 1 atom stereocenters. The van der Waals surface area contributed by atoms with Crippen LogP contribution in [-0.2, 0) is 0 Å². The van der Waals surface area contributed by atoms with E-state index in [2.05, 4.69) is 10.3 Å². The smallest absolute Gasteiger partial charge is 0.263 e. The molecule has 1 amide bonds. The van der Waals surface area contributed by atoms with Gasteiger partial charge in [-0.25, -0.2) is 9.37 Å². The molecule has 0 fully saturated rings. The second-order valence-corrected chi connectivity index (χ2v) is 6.75. The molecule has 2 aromatic carbocycles. The Morgan fingerprint density at radius 3 is 2.81 bits per heavy atom. The second kappa shape index (κ2) is 7.13. The number of benzene rings is 2. The van der Waals surface area contributed by atoms with Crippen molar-refractivity contribution in [3.63, 3.8) is 0 Å². The van der Waals surface area contributed by atoms with Crippen molar-refractivity contribution < 1.29 is 18.7 Å². The molecule has 0 bridgehead atoms. The molecular weight excluding hydrogens is 355 g/mol. The lowest BCUT2D eigenvalue weighted by atomic mass is 10.2. The Kier molecular flexibility index (Phi) is 4.53. The van der Waals surface area contributed by atoms with Crippen LogP contribution in [-0.4, -0.2) is 30.1 Å². The molecule has 132 valence electrons. The molecule has 0 aliphatic carbocycles. The van der Waals surface area contributed by atoms with E-state index in [9.17, 15) is 9.18 Å². The fourth-order valence-corrected chi connectivity index (χ4v) is 3.46. The number of nitrogens with one attached hydrogen (secondary N) is 1. The number of aromatic nitrogens is 1. The Morgan fingerprint density at radius 2 is 1.96 bits per heavy atom. The van der Waals surface area contributed by atoms with Gasteiger partial charge in [0.05, 0.1) is 12.7 Å². The van der Waals surface area contributed by atoms with E-state index in [1.165, 1.54) is 12.3 Å². The van der Waals surface area contributed by atoms with Gasteiger partial charge in [0.15, 0.2) is 11.5 Å². The van der Waals surface area contributed by atoms with E-state index in [1.807, 2.05) is 24.3 Å². The molecule has 4 rings (SSSR count). The molecule has 7 heteroatoms. The van der Waals surface area contributed by atoms with E-state index in [0.717, 1.165) is 11.3 Å². The Balaban J connectivity index is 1.38. The summed E-state index contributed by atoms with van der Waals surface area (Å²) < 4.78 is 25.3. The molecule has 0 saturated heterocycles. The zero-order valence-electron chi connectivity index (χ0n) is 13.6. The van der Waals surface area contributed by atoms with Crippen LogP contribution in [0, 0.1) is 5.82 Å². The predicted molar refractivity (Wildman–Crippen MR) is 96.2 cm³/mol. The van der Waals surface area contributed by atoms with Crippen molar-refractivity contribution in [3.05, 3.63) is 65.4 Å². The third-order valence-corrected chi connectivity index (χ3v) is 4.92. The van der Waals surface area contributed by atoms with Crippen molar-refractivity contribution in [1.29, 1.82) is 0 Å². The second-order valence-electron chi connectivity index (χ2n) is 5.72. The van der Waals surface area contributed by atoms with Gasteiger partial charge in [-0.3, -0.25) is 4.79 Å². The average Bonchev–Trinajstić information content (AvgIpc) is 3.16. The number of carbonyl (C=O) groups is 1. The zero-order chi connectivity index (χ0) is 17.9. The standard InChI is InChI=1S/C19H15FN2O3S/c20-14-6-2-1-5-13(14)19-22-10-17(26-19)18(23)21-9-12-11-24-15-7-3-4-8-16(15)25-12/h1-8,10,12H,9,11H2,(H,21,23). The topological polar surface area (TPSA) is 60.5 Å². The van der Waals surface area contributed by atoms with Gasteiger partial charge >= 0.3 is 0 Å². The summed E-state index contributed by atoms with van der Waals surface area (Å²) in [4.78, 5) is 16.9. The van der Waals surface area contributed by atoms with Crippen molar-refractivity contribution in [2.75, 3.05) is 13.2 Å². The highest BCUT2D eigenvalue weighted by molar-refractivity contribution is 7.16. The highest BCUT2D eigenvalue weighted by Gasteiger charge is 2.22. The van der Waals surface area contributed by atoms with Gasteiger partial charge in [-0.1, -0.05) is 24.3 Å². The maximum Gasteiger partial charge on any atom is 0.263 e. The molecular formula is C19H15FN2O3S. The molecule has 0 radical (unpaired) electrons. The molecule has 1 aromatic heterocycles. The number of halogens is 1. The van der Waals surface area contributed by atoms with E-state index in [4.69, 9.17) is 9.47 Å². The SMILES string of the molecule is O=C(NCC1COc2ccccc2O1)c1cnc(-c2ccccc2F)s1. The number of ether oxygens (including phenoxy) is 2. The lowest BCUT2D eigenvalue weighted by molar-refractivity contribution is 0.0791. The van der Waals surface area contributed by atoms with E-state index in [0.29, 0.717) is 40.1 Å². The number of para-hydroxylation sites is 2. The predicted octanol–water partition coefficient (Wildman–Crippen LogP) is 3.52. The Hall–Kier alpha value is -2.93. The van der Waals surface area contributed by atoms with Gasteiger partial charge in [0.2, 0.25) is 0 Å². The van der Waals surface area contributed by atoms with E-state index in [1.54, 1.807) is 18.2 Å². The first-order valence-electron chi connectivity index (χ1n) is 8.08. The normalized spacial score (nSPS) is 15.5. The number of rotatable bonds is 4. The number of thiazole rings is 1. The third-order valence-electron chi connectivity index (χ3n) is 3.89. The minimum absolute atomic E-state index is 0.271. The van der Waals surface area contributed by atoms with Gasteiger partial charge in [0.25, 0.3) is 5.91 Å². The number of amides is 1. The fourth-order valence-electron chi connectivity index (χ4n) is 2.60. The van der Waals surface area contributed by atoms with Crippen LogP contribution in [0.1, 0.15) is 9.67 Å². The van der Waals surface area contributed by atoms with Crippen LogP contribution in [0.4, 0.5) is 4.39 Å². The molecule has 5 nitrogen and oxygen atoms in total. The maximum atomic E-state index is 13.8. The van der Waals surface area contributed by atoms with Crippen LogP contribution in [0.5, 0.6) is 11.5 Å². The summed E-state index contributed by atoms with van der Waals surface area (Å²) in [6, 6.07) is 13.8. The van der Waals surface area contributed by atoms with Crippen LogP contribution in [0.15, 0.2) is 54.7 Å². The van der Waals surface area contributed by atoms with Crippen molar-refractivity contribution in [1.82, 2.24) is 10.3 Å². The summed E-state index contributed by atoms with van der Waals surface area (Å²) in [6.45, 7) is 0.667. The summed E-state index contributed by atoms with van der Waals surface area (Å²) in [7, 11) is 0. The van der Waals surface area contributed by atoms with Crippen LogP contribution < -0.4 is 14.8 Å². The highest BCUT2D eigenvalue weighted by Crippen LogP contribution is 2.31. The van der Waals surface area contributed by atoms with E-state index in [-0.39, 0.29) is 17.8 Å². The first-order valence-corrected chi connectivity index (χ1v) is 8.90. The zero-order valence-corrected chi connectivity index (χ0v) is 14.5. The molecule has 1 N–H and O–H groups in total. The van der Waals surface area contributed by atoms with Crippen LogP contribution in [0.3, 0.4) is 0 Å². The summed E-state index contributed by atoms with van der Waals surface area (Å²) in [5.41, 5.74) is 0.386. The van der Waals surface area contributed by atoms with Crippen molar-refractivity contribution >= 4 is 17.2 Å². The van der Waals surface area contributed by atoms with Crippen molar-refractivity contribution in [2.24, 2.45) is 0 Å². The maximum absolute atomic E-state index is 13.8. The fraction of sp³-hybridized carbons (Fsp3) is 0.158. The number of nitrogens with zero attached hydrogens (tertiary/aromatic N) is 1. The van der Waals surface area contributed by atoms with Gasteiger partial charge in [-0.15, -0.1) is 11.3 Å². The van der Waals surface area contributed by atoms with Gasteiger partial charge < -0.3 is 14.8 Å². The van der Waals surface area contributed by atoms with Crippen LogP contribution in [0.25, 0.3) is 10.6 Å². The largest absolute Gasteiger partial charge is 0.486 e. The minimum Gasteiger partial charge on any atom is -0.486 e. The van der Waals surface area contributed by atoms with Crippen LogP contribution in [0.2, 0.25) is 0 Å². The summed E-state index contributed by atoms with van der Waals surface area (Å²) in [5, 5.41) is 3.28. The highest BCUT2D eigenvalue weighted by atomic mass is 32.1. The van der Waals surface area contributed by atoms with Gasteiger partial charge in [-0.2, -0.15) is 0 Å². The average molecular weight is 370 g/mol. The summed E-state index contributed by atoms with van der Waals surface area (Å²) in [5.74, 6) is 0.734. The number of hydrogen-bond donors (Lipinski definition) is 1. The molecule has 1 aliphatic heterocycles. The van der Waals surface area contributed by atoms with E-state index < -0.39 is 0 Å². The lowest BCUT2D eigenvalue weighted by Crippen LogP contribution is -2.40. The molecule has 26 heavy (non-hydrogen) atoms. The Labute approximate surface area is 153 Å². The van der Waals surface area contributed by atoms with Gasteiger partial charge in [0, 0.05) is 5.56 Å². The summed E-state index contributed by atoms with van der Waals surface area (Å²) in [6.07, 6.45) is 1.18. The van der Waals surface area contributed by atoms with Crippen molar-refractivity contribution in [3.8, 4) is 22.1 Å². The van der Waals surface area contributed by atoms with E-state index >= 15 is 0 Å². The molecule has 0 saturated carbocycles. The molecule has 3 aromatic rings. The Bertz CT molecular complexity index is 944. The monoisotopic (exact) mass is 370 g/mol. The van der Waals surface area contributed by atoms with Crippen molar-refractivity contribution in [2.45, 2.75) is 6.10 Å². The van der Waals surface area contributed by atoms with Gasteiger partial charge in [0.1, 0.15) is 28.4 Å². The number of hydrogen-bond acceptors (Lipinski definition) is 5. The van der Waals surface area contributed by atoms with Gasteiger partial charge in [-0.05, 0) is 24.3 Å². The Morgan fingerprint density at radius 1 is 1.19 bits per heavy atom. The third kappa shape index (κ3) is 3.39.